The van der Waals surface area contributed by atoms with Crippen molar-refractivity contribution in [2.24, 2.45) is 0 Å². The molecule has 132 valence electrons. The third-order valence-corrected chi connectivity index (χ3v) is 4.57. The minimum Gasteiger partial charge on any atom is -0.494 e. The maximum atomic E-state index is 12.0. The molecule has 0 aliphatic rings. The van der Waals surface area contributed by atoms with Crippen LogP contribution in [-0.4, -0.2) is 24.1 Å². The van der Waals surface area contributed by atoms with Crippen LogP contribution < -0.4 is 10.1 Å². The van der Waals surface area contributed by atoms with Crippen molar-refractivity contribution in [1.29, 1.82) is 0 Å². The molecule has 2 aromatic rings. The average Bonchev–Trinajstić information content (AvgIpc) is 2.62. The summed E-state index contributed by atoms with van der Waals surface area (Å²) in [6, 6.07) is 15.3. The molecule has 0 aliphatic heterocycles. The van der Waals surface area contributed by atoms with E-state index in [2.05, 4.69) is 5.32 Å². The molecule has 0 saturated carbocycles. The number of amides is 1. The second-order valence-electron chi connectivity index (χ2n) is 5.57. The summed E-state index contributed by atoms with van der Waals surface area (Å²) in [6.45, 7) is 4.56. The van der Waals surface area contributed by atoms with Crippen LogP contribution in [-0.2, 0) is 17.1 Å². The number of rotatable bonds is 9. The minimum atomic E-state index is -0.00506. The first-order valence-electron chi connectivity index (χ1n) is 8.25. The molecule has 0 saturated heterocycles. The number of hydrogen-bond acceptors (Lipinski definition) is 4. The van der Waals surface area contributed by atoms with Crippen LogP contribution in [0.15, 0.2) is 48.5 Å². The highest BCUT2D eigenvalue weighted by molar-refractivity contribution is 7.99. The molecule has 25 heavy (non-hydrogen) atoms. The summed E-state index contributed by atoms with van der Waals surface area (Å²) in [5.74, 6) is 1.77. The Bertz CT molecular complexity index is 716. The van der Waals surface area contributed by atoms with Gasteiger partial charge in [0.1, 0.15) is 5.75 Å². The Kier molecular flexibility index (Phi) is 7.54. The van der Waals surface area contributed by atoms with Crippen LogP contribution in [0.4, 0.5) is 0 Å². The standard InChI is InChI=1S/C20H23NO3S/c1-3-24-19-10-9-17(15(2)22)11-18(19)13-25-14-20(23)21-12-16-7-5-4-6-8-16/h4-11H,3,12-14H2,1-2H3,(H,21,23). The largest absolute Gasteiger partial charge is 0.494 e. The molecule has 0 radical (unpaired) electrons. The van der Waals surface area contributed by atoms with E-state index in [1.165, 1.54) is 11.8 Å². The quantitative estimate of drug-likeness (QED) is 0.693. The summed E-state index contributed by atoms with van der Waals surface area (Å²) in [6.07, 6.45) is 0. The van der Waals surface area contributed by atoms with Gasteiger partial charge in [-0.25, -0.2) is 0 Å². The van der Waals surface area contributed by atoms with Gasteiger partial charge in [-0.05, 0) is 37.6 Å². The van der Waals surface area contributed by atoms with Gasteiger partial charge in [-0.2, -0.15) is 0 Å². The molecule has 0 aliphatic carbocycles. The molecule has 2 rings (SSSR count). The second-order valence-corrected chi connectivity index (χ2v) is 6.55. The zero-order chi connectivity index (χ0) is 18.1. The van der Waals surface area contributed by atoms with E-state index in [-0.39, 0.29) is 11.7 Å². The summed E-state index contributed by atoms with van der Waals surface area (Å²) in [5, 5.41) is 2.91. The summed E-state index contributed by atoms with van der Waals surface area (Å²) in [5.41, 5.74) is 2.68. The Hall–Kier alpha value is -2.27. The van der Waals surface area contributed by atoms with Crippen molar-refractivity contribution >= 4 is 23.5 Å². The molecule has 0 spiro atoms. The smallest absolute Gasteiger partial charge is 0.230 e. The van der Waals surface area contributed by atoms with Gasteiger partial charge in [0.15, 0.2) is 5.78 Å². The number of carbonyl (C=O) groups is 2. The molecule has 0 heterocycles. The van der Waals surface area contributed by atoms with Crippen molar-refractivity contribution in [2.45, 2.75) is 26.1 Å². The van der Waals surface area contributed by atoms with Crippen LogP contribution in [0, 0.1) is 0 Å². The topological polar surface area (TPSA) is 55.4 Å². The lowest BCUT2D eigenvalue weighted by molar-refractivity contribution is -0.118. The Morgan fingerprint density at radius 2 is 1.88 bits per heavy atom. The van der Waals surface area contributed by atoms with Crippen molar-refractivity contribution in [1.82, 2.24) is 5.32 Å². The van der Waals surface area contributed by atoms with Gasteiger partial charge in [-0.1, -0.05) is 30.3 Å². The first-order valence-corrected chi connectivity index (χ1v) is 9.40. The summed E-state index contributed by atoms with van der Waals surface area (Å²) < 4.78 is 5.61. The van der Waals surface area contributed by atoms with E-state index in [9.17, 15) is 9.59 Å². The normalized spacial score (nSPS) is 10.3. The van der Waals surface area contributed by atoms with Gasteiger partial charge < -0.3 is 10.1 Å². The lowest BCUT2D eigenvalue weighted by atomic mass is 10.1. The zero-order valence-electron chi connectivity index (χ0n) is 14.6. The van der Waals surface area contributed by atoms with Gasteiger partial charge in [0, 0.05) is 23.4 Å². The Morgan fingerprint density at radius 1 is 1.12 bits per heavy atom. The molecule has 5 heteroatoms. The van der Waals surface area contributed by atoms with E-state index in [1.54, 1.807) is 13.0 Å². The molecule has 0 bridgehead atoms. The van der Waals surface area contributed by atoms with Gasteiger partial charge in [0.2, 0.25) is 5.91 Å². The predicted octanol–water partition coefficient (Wildman–Crippen LogP) is 3.84. The van der Waals surface area contributed by atoms with Crippen molar-refractivity contribution in [3.8, 4) is 5.75 Å². The fourth-order valence-corrected chi connectivity index (χ4v) is 3.14. The maximum Gasteiger partial charge on any atom is 0.230 e. The third-order valence-electron chi connectivity index (χ3n) is 3.59. The fraction of sp³-hybridized carbons (Fsp3) is 0.300. The number of thioether (sulfide) groups is 1. The van der Waals surface area contributed by atoms with E-state index in [1.807, 2.05) is 49.4 Å². The molecule has 0 unspecified atom stereocenters. The lowest BCUT2D eigenvalue weighted by Gasteiger charge is -2.11. The highest BCUT2D eigenvalue weighted by Crippen LogP contribution is 2.25. The number of nitrogens with one attached hydrogen (secondary N) is 1. The van der Waals surface area contributed by atoms with E-state index in [0.717, 1.165) is 16.9 Å². The molecule has 0 fully saturated rings. The van der Waals surface area contributed by atoms with E-state index < -0.39 is 0 Å². The van der Waals surface area contributed by atoms with Gasteiger partial charge in [0.25, 0.3) is 0 Å². The first-order chi connectivity index (χ1) is 12.1. The van der Waals surface area contributed by atoms with Gasteiger partial charge in [-0.3, -0.25) is 9.59 Å². The molecular formula is C20H23NO3S. The number of hydrogen-bond donors (Lipinski definition) is 1. The van der Waals surface area contributed by atoms with E-state index in [0.29, 0.717) is 30.2 Å². The Balaban J connectivity index is 1.86. The Morgan fingerprint density at radius 3 is 2.56 bits per heavy atom. The van der Waals surface area contributed by atoms with Gasteiger partial charge in [-0.15, -0.1) is 11.8 Å². The van der Waals surface area contributed by atoms with Crippen LogP contribution in [0.2, 0.25) is 0 Å². The van der Waals surface area contributed by atoms with Crippen molar-refractivity contribution in [2.75, 3.05) is 12.4 Å². The number of carbonyl (C=O) groups excluding carboxylic acids is 2. The minimum absolute atomic E-state index is 0.00506. The molecule has 1 N–H and O–H groups in total. The fourth-order valence-electron chi connectivity index (χ4n) is 2.31. The van der Waals surface area contributed by atoms with Crippen molar-refractivity contribution in [3.63, 3.8) is 0 Å². The molecule has 4 nitrogen and oxygen atoms in total. The average molecular weight is 357 g/mol. The van der Waals surface area contributed by atoms with Crippen molar-refractivity contribution < 1.29 is 14.3 Å². The third kappa shape index (κ3) is 6.27. The monoisotopic (exact) mass is 357 g/mol. The number of ether oxygens (including phenoxy) is 1. The summed E-state index contributed by atoms with van der Waals surface area (Å²) in [4.78, 5) is 23.5. The highest BCUT2D eigenvalue weighted by Gasteiger charge is 2.09. The summed E-state index contributed by atoms with van der Waals surface area (Å²) in [7, 11) is 0. The number of ketones is 1. The van der Waals surface area contributed by atoms with Crippen LogP contribution in [0.25, 0.3) is 0 Å². The highest BCUT2D eigenvalue weighted by atomic mass is 32.2. The maximum absolute atomic E-state index is 12.0. The first kappa shape index (κ1) is 19.1. The molecule has 0 aromatic heterocycles. The zero-order valence-corrected chi connectivity index (χ0v) is 15.4. The predicted molar refractivity (Wildman–Crippen MR) is 102 cm³/mol. The van der Waals surface area contributed by atoms with Crippen LogP contribution in [0.1, 0.15) is 35.3 Å². The molecular weight excluding hydrogens is 334 g/mol. The molecule has 1 amide bonds. The van der Waals surface area contributed by atoms with Crippen LogP contribution >= 0.6 is 11.8 Å². The number of Topliss-reactive ketones (excluding diaryl/α,β-unsaturated/α-hetero) is 1. The van der Waals surface area contributed by atoms with E-state index >= 15 is 0 Å². The number of benzene rings is 2. The molecule has 0 atom stereocenters. The van der Waals surface area contributed by atoms with Crippen LogP contribution in [0.3, 0.4) is 0 Å². The van der Waals surface area contributed by atoms with Crippen molar-refractivity contribution in [3.05, 3.63) is 65.2 Å². The molecule has 2 aromatic carbocycles. The van der Waals surface area contributed by atoms with Gasteiger partial charge >= 0.3 is 0 Å². The van der Waals surface area contributed by atoms with Crippen LogP contribution in [0.5, 0.6) is 5.75 Å². The lowest BCUT2D eigenvalue weighted by Crippen LogP contribution is -2.24. The van der Waals surface area contributed by atoms with Gasteiger partial charge in [0.05, 0.1) is 12.4 Å². The second kappa shape index (κ2) is 9.89. The van der Waals surface area contributed by atoms with E-state index in [4.69, 9.17) is 4.74 Å². The summed E-state index contributed by atoms with van der Waals surface area (Å²) >= 11 is 1.51. The Labute approximate surface area is 153 Å². The SMILES string of the molecule is CCOc1ccc(C(C)=O)cc1CSCC(=O)NCc1ccccc1.